The Morgan fingerprint density at radius 2 is 1.94 bits per heavy atom. The quantitative estimate of drug-likeness (QED) is 0.770. The van der Waals surface area contributed by atoms with Crippen LogP contribution in [0.15, 0.2) is 13.6 Å². The molecule has 102 valence electrons. The SMILES string of the molecule is Cl.NC1CCC(NC(=O)c2cc(Br)sc2Br)CC1. The maximum absolute atomic E-state index is 12.0. The van der Waals surface area contributed by atoms with Crippen LogP contribution in [0.5, 0.6) is 0 Å². The third kappa shape index (κ3) is 4.20. The summed E-state index contributed by atoms with van der Waals surface area (Å²) in [6.07, 6.45) is 3.96. The Morgan fingerprint density at radius 1 is 1.33 bits per heavy atom. The van der Waals surface area contributed by atoms with E-state index in [1.165, 1.54) is 11.3 Å². The van der Waals surface area contributed by atoms with E-state index in [4.69, 9.17) is 5.73 Å². The maximum Gasteiger partial charge on any atom is 0.253 e. The van der Waals surface area contributed by atoms with Crippen LogP contribution in [-0.2, 0) is 0 Å². The van der Waals surface area contributed by atoms with Gasteiger partial charge in [0.15, 0.2) is 0 Å². The molecule has 0 unspecified atom stereocenters. The van der Waals surface area contributed by atoms with Gasteiger partial charge in [-0.1, -0.05) is 0 Å². The van der Waals surface area contributed by atoms with E-state index >= 15 is 0 Å². The average Bonchev–Trinajstić information content (AvgIpc) is 2.61. The molecule has 0 saturated heterocycles. The van der Waals surface area contributed by atoms with Crippen LogP contribution in [0.25, 0.3) is 0 Å². The molecule has 1 saturated carbocycles. The van der Waals surface area contributed by atoms with E-state index in [0.29, 0.717) is 11.6 Å². The van der Waals surface area contributed by atoms with E-state index in [2.05, 4.69) is 37.2 Å². The Labute approximate surface area is 134 Å². The van der Waals surface area contributed by atoms with Gasteiger partial charge in [-0.25, -0.2) is 0 Å². The lowest BCUT2D eigenvalue weighted by Gasteiger charge is -2.26. The van der Waals surface area contributed by atoms with Crippen LogP contribution in [0.3, 0.4) is 0 Å². The van der Waals surface area contributed by atoms with Gasteiger partial charge in [-0.05, 0) is 63.6 Å². The number of rotatable bonds is 2. The fourth-order valence-electron chi connectivity index (χ4n) is 2.02. The summed E-state index contributed by atoms with van der Waals surface area (Å²) in [4.78, 5) is 12.0. The Hall–Kier alpha value is 0.380. The van der Waals surface area contributed by atoms with Crippen molar-refractivity contribution in [1.29, 1.82) is 0 Å². The second kappa shape index (κ2) is 7.24. The molecule has 3 N–H and O–H groups in total. The molecular weight excluding hydrogens is 403 g/mol. The van der Waals surface area contributed by atoms with Crippen molar-refractivity contribution < 1.29 is 4.79 Å². The van der Waals surface area contributed by atoms with Crippen LogP contribution >= 0.6 is 55.6 Å². The number of carbonyl (C=O) groups is 1. The number of nitrogens with two attached hydrogens (primary N) is 1. The van der Waals surface area contributed by atoms with E-state index in [0.717, 1.165) is 33.3 Å². The highest BCUT2D eigenvalue weighted by atomic mass is 79.9. The molecule has 18 heavy (non-hydrogen) atoms. The zero-order chi connectivity index (χ0) is 12.4. The van der Waals surface area contributed by atoms with Gasteiger partial charge in [-0.2, -0.15) is 0 Å². The highest BCUT2D eigenvalue weighted by Gasteiger charge is 2.22. The van der Waals surface area contributed by atoms with Gasteiger partial charge < -0.3 is 11.1 Å². The maximum atomic E-state index is 12.0. The van der Waals surface area contributed by atoms with E-state index in [-0.39, 0.29) is 24.4 Å². The van der Waals surface area contributed by atoms with Crippen molar-refractivity contribution in [3.63, 3.8) is 0 Å². The number of amides is 1. The lowest BCUT2D eigenvalue weighted by atomic mass is 9.92. The summed E-state index contributed by atoms with van der Waals surface area (Å²) >= 11 is 8.29. The highest BCUT2D eigenvalue weighted by Crippen LogP contribution is 2.32. The van der Waals surface area contributed by atoms with Gasteiger partial charge in [-0.15, -0.1) is 23.7 Å². The largest absolute Gasteiger partial charge is 0.349 e. The third-order valence-corrected chi connectivity index (χ3v) is 5.35. The topological polar surface area (TPSA) is 55.1 Å². The van der Waals surface area contributed by atoms with Crippen LogP contribution in [0.1, 0.15) is 36.0 Å². The minimum atomic E-state index is -0.000651. The summed E-state index contributed by atoms with van der Waals surface area (Å²) < 4.78 is 1.83. The summed E-state index contributed by atoms with van der Waals surface area (Å²) in [5.41, 5.74) is 6.55. The summed E-state index contributed by atoms with van der Waals surface area (Å²) in [7, 11) is 0. The monoisotopic (exact) mass is 416 g/mol. The number of hydrogen-bond acceptors (Lipinski definition) is 3. The second-order valence-corrected chi connectivity index (χ2v) is 8.07. The lowest BCUT2D eigenvalue weighted by Crippen LogP contribution is -2.40. The van der Waals surface area contributed by atoms with Crippen molar-refractivity contribution in [1.82, 2.24) is 5.32 Å². The van der Waals surface area contributed by atoms with Crippen LogP contribution in [0.2, 0.25) is 0 Å². The molecule has 0 atom stereocenters. The van der Waals surface area contributed by atoms with Gasteiger partial charge >= 0.3 is 0 Å². The standard InChI is InChI=1S/C11H14Br2N2OS.ClH/c12-9-5-8(10(13)17-9)11(16)15-7-3-1-6(14)2-4-7;/h5-7H,1-4,14H2,(H,15,16);1H. The normalized spacial score (nSPS) is 23.3. The summed E-state index contributed by atoms with van der Waals surface area (Å²) in [5.74, 6) is -0.000651. The second-order valence-electron chi connectivity index (χ2n) is 4.32. The van der Waals surface area contributed by atoms with E-state index < -0.39 is 0 Å². The zero-order valence-corrected chi connectivity index (χ0v) is 14.4. The number of hydrogen-bond donors (Lipinski definition) is 2. The van der Waals surface area contributed by atoms with Gasteiger partial charge in [-0.3, -0.25) is 4.79 Å². The third-order valence-electron chi connectivity index (χ3n) is 3.01. The van der Waals surface area contributed by atoms with Crippen molar-refractivity contribution in [2.24, 2.45) is 5.73 Å². The van der Waals surface area contributed by atoms with Crippen molar-refractivity contribution in [2.75, 3.05) is 0 Å². The van der Waals surface area contributed by atoms with Crippen molar-refractivity contribution in [3.8, 4) is 0 Å². The highest BCUT2D eigenvalue weighted by molar-refractivity contribution is 9.12. The number of carbonyl (C=O) groups excluding carboxylic acids is 1. The van der Waals surface area contributed by atoms with Gasteiger partial charge in [0.05, 0.1) is 13.1 Å². The first kappa shape index (κ1) is 16.4. The smallest absolute Gasteiger partial charge is 0.253 e. The molecule has 0 radical (unpaired) electrons. The minimum absolute atomic E-state index is 0. The van der Waals surface area contributed by atoms with Crippen molar-refractivity contribution in [3.05, 3.63) is 19.2 Å². The molecule has 1 fully saturated rings. The van der Waals surface area contributed by atoms with Gasteiger partial charge in [0.25, 0.3) is 5.91 Å². The first-order valence-electron chi connectivity index (χ1n) is 5.57. The van der Waals surface area contributed by atoms with Gasteiger partial charge in [0.2, 0.25) is 0 Å². The van der Waals surface area contributed by atoms with Crippen LogP contribution in [-0.4, -0.2) is 18.0 Å². The van der Waals surface area contributed by atoms with Crippen LogP contribution < -0.4 is 11.1 Å². The summed E-state index contributed by atoms with van der Waals surface area (Å²) in [5, 5.41) is 3.07. The Balaban J connectivity index is 0.00000162. The van der Waals surface area contributed by atoms with Crippen molar-refractivity contribution in [2.45, 2.75) is 37.8 Å². The van der Waals surface area contributed by atoms with Crippen molar-refractivity contribution >= 4 is 61.5 Å². The van der Waals surface area contributed by atoms with Crippen LogP contribution in [0, 0.1) is 0 Å². The van der Waals surface area contributed by atoms with Crippen LogP contribution in [0.4, 0.5) is 0 Å². The first-order valence-corrected chi connectivity index (χ1v) is 7.98. The molecule has 7 heteroatoms. The molecular formula is C11H15Br2ClN2OS. The fraction of sp³-hybridized carbons (Fsp3) is 0.545. The Kier molecular flexibility index (Phi) is 6.61. The molecule has 2 rings (SSSR count). The first-order chi connectivity index (χ1) is 8.06. The molecule has 1 heterocycles. The summed E-state index contributed by atoms with van der Waals surface area (Å²) in [6.45, 7) is 0. The molecule has 1 aromatic heterocycles. The molecule has 0 aliphatic heterocycles. The molecule has 1 aromatic rings. The number of nitrogens with one attached hydrogen (secondary N) is 1. The van der Waals surface area contributed by atoms with E-state index in [9.17, 15) is 4.79 Å². The number of halogens is 3. The average molecular weight is 419 g/mol. The molecule has 0 spiro atoms. The molecule has 3 nitrogen and oxygen atoms in total. The van der Waals surface area contributed by atoms with Gasteiger partial charge in [0, 0.05) is 12.1 Å². The zero-order valence-electron chi connectivity index (χ0n) is 9.62. The Morgan fingerprint density at radius 3 is 2.44 bits per heavy atom. The predicted octanol–water partition coefficient (Wildman–Crippen LogP) is 3.69. The molecule has 1 aliphatic carbocycles. The molecule has 1 aliphatic rings. The molecule has 1 amide bonds. The predicted molar refractivity (Wildman–Crippen MR) is 84.7 cm³/mol. The fourth-order valence-corrected chi connectivity index (χ4v) is 4.82. The van der Waals surface area contributed by atoms with E-state index in [1.54, 1.807) is 0 Å². The molecule has 0 aromatic carbocycles. The number of thiophene rings is 1. The molecule has 0 bridgehead atoms. The van der Waals surface area contributed by atoms with E-state index in [1.807, 2.05) is 6.07 Å². The summed E-state index contributed by atoms with van der Waals surface area (Å²) in [6, 6.07) is 2.43. The Bertz CT molecular complexity index is 419. The minimum Gasteiger partial charge on any atom is -0.349 e. The lowest BCUT2D eigenvalue weighted by molar-refractivity contribution is 0.0925. The van der Waals surface area contributed by atoms with Gasteiger partial charge in [0.1, 0.15) is 0 Å².